The van der Waals surface area contributed by atoms with Gasteiger partial charge in [0.1, 0.15) is 6.54 Å². The van der Waals surface area contributed by atoms with Crippen LogP contribution in [0.2, 0.25) is 0 Å². The van der Waals surface area contributed by atoms with Gasteiger partial charge in [0.25, 0.3) is 11.8 Å². The van der Waals surface area contributed by atoms with Gasteiger partial charge in [-0.3, -0.25) is 19.3 Å². The molecule has 24 heavy (non-hydrogen) atoms. The molecule has 2 aliphatic carbocycles. The summed E-state index contributed by atoms with van der Waals surface area (Å²) in [4.78, 5) is 38.0. The lowest BCUT2D eigenvalue weighted by Gasteiger charge is -2.29. The Morgan fingerprint density at radius 2 is 1.83 bits per heavy atom. The molecule has 1 heterocycles. The van der Waals surface area contributed by atoms with Crippen LogP contribution in [0.4, 0.5) is 0 Å². The van der Waals surface area contributed by atoms with Crippen molar-refractivity contribution in [2.75, 3.05) is 6.54 Å². The molecule has 126 valence electrons. The van der Waals surface area contributed by atoms with Crippen LogP contribution in [0.3, 0.4) is 0 Å². The van der Waals surface area contributed by atoms with Crippen molar-refractivity contribution in [3.63, 3.8) is 0 Å². The van der Waals surface area contributed by atoms with E-state index in [2.05, 4.69) is 5.32 Å². The van der Waals surface area contributed by atoms with Crippen LogP contribution >= 0.6 is 0 Å². The second-order valence-electron chi connectivity index (χ2n) is 7.44. The Balaban J connectivity index is 1.38. The molecular weight excluding hydrogens is 304 g/mol. The molecule has 1 aromatic carbocycles. The fraction of sp³-hybridized carbons (Fsp3) is 0.526. The highest BCUT2D eigenvalue weighted by molar-refractivity contribution is 6.22. The summed E-state index contributed by atoms with van der Waals surface area (Å²) in [5.74, 6) is 1.09. The van der Waals surface area contributed by atoms with Gasteiger partial charge in [-0.1, -0.05) is 18.6 Å². The van der Waals surface area contributed by atoms with Crippen molar-refractivity contribution in [2.45, 2.75) is 38.6 Å². The number of carbonyl (C=O) groups excluding carboxylic acids is 3. The molecule has 5 heteroatoms. The summed E-state index contributed by atoms with van der Waals surface area (Å²) in [5, 5.41) is 3.02. The zero-order valence-corrected chi connectivity index (χ0v) is 13.8. The minimum atomic E-state index is -0.377. The molecule has 0 saturated heterocycles. The molecular formula is C19H22N2O3. The van der Waals surface area contributed by atoms with Crippen LogP contribution in [0, 0.1) is 17.8 Å². The van der Waals surface area contributed by atoms with Gasteiger partial charge in [0.05, 0.1) is 11.1 Å². The molecule has 2 fully saturated rings. The van der Waals surface area contributed by atoms with Crippen molar-refractivity contribution in [3.05, 3.63) is 35.4 Å². The Bertz CT molecular complexity index is 679. The van der Waals surface area contributed by atoms with Crippen LogP contribution in [-0.2, 0) is 4.79 Å². The first kappa shape index (κ1) is 15.4. The first-order valence-electron chi connectivity index (χ1n) is 8.79. The first-order valence-corrected chi connectivity index (χ1v) is 8.79. The molecule has 1 aromatic rings. The summed E-state index contributed by atoms with van der Waals surface area (Å²) >= 11 is 0. The third-order valence-electron chi connectivity index (χ3n) is 6.00. The summed E-state index contributed by atoms with van der Waals surface area (Å²) < 4.78 is 0. The van der Waals surface area contributed by atoms with Crippen molar-refractivity contribution in [1.82, 2.24) is 10.2 Å². The number of hydrogen-bond acceptors (Lipinski definition) is 3. The van der Waals surface area contributed by atoms with Gasteiger partial charge in [0.15, 0.2) is 0 Å². The third kappa shape index (κ3) is 2.43. The number of carbonyl (C=O) groups is 3. The van der Waals surface area contributed by atoms with Gasteiger partial charge in [0.2, 0.25) is 5.91 Å². The van der Waals surface area contributed by atoms with Crippen molar-refractivity contribution >= 4 is 17.7 Å². The van der Waals surface area contributed by atoms with Crippen LogP contribution < -0.4 is 5.32 Å². The molecule has 4 atom stereocenters. The zero-order valence-electron chi connectivity index (χ0n) is 13.8. The van der Waals surface area contributed by atoms with Crippen molar-refractivity contribution in [1.29, 1.82) is 0 Å². The maximum absolute atomic E-state index is 12.4. The fourth-order valence-corrected chi connectivity index (χ4v) is 4.84. The van der Waals surface area contributed by atoms with E-state index < -0.39 is 0 Å². The Kier molecular flexibility index (Phi) is 3.66. The molecule has 5 nitrogen and oxygen atoms in total. The summed E-state index contributed by atoms with van der Waals surface area (Å²) in [6, 6.07) is 6.81. The molecule has 1 N–H and O–H groups in total. The van der Waals surface area contributed by atoms with E-state index in [4.69, 9.17) is 0 Å². The maximum Gasteiger partial charge on any atom is 0.262 e. The topological polar surface area (TPSA) is 66.5 Å². The largest absolute Gasteiger partial charge is 0.352 e. The minimum absolute atomic E-state index is 0.1000. The van der Waals surface area contributed by atoms with E-state index in [1.54, 1.807) is 24.3 Å². The van der Waals surface area contributed by atoms with Crippen molar-refractivity contribution in [2.24, 2.45) is 17.8 Å². The summed E-state index contributed by atoms with van der Waals surface area (Å²) in [6.45, 7) is 1.85. The van der Waals surface area contributed by atoms with E-state index in [1.165, 1.54) is 25.7 Å². The van der Waals surface area contributed by atoms with E-state index in [0.717, 1.165) is 16.7 Å². The van der Waals surface area contributed by atoms with Crippen LogP contribution in [0.1, 0.15) is 53.3 Å². The second kappa shape index (κ2) is 5.72. The summed E-state index contributed by atoms with van der Waals surface area (Å²) in [5.41, 5.74) is 0.771. The molecule has 0 radical (unpaired) electrons. The zero-order chi connectivity index (χ0) is 16.8. The molecule has 2 bridgehead atoms. The fourth-order valence-electron chi connectivity index (χ4n) is 4.84. The van der Waals surface area contributed by atoms with Crippen molar-refractivity contribution in [3.8, 4) is 0 Å². The number of nitrogens with zero attached hydrogens (tertiary/aromatic N) is 1. The maximum atomic E-state index is 12.4. The second-order valence-corrected chi connectivity index (χ2v) is 7.44. The predicted molar refractivity (Wildman–Crippen MR) is 88.4 cm³/mol. The van der Waals surface area contributed by atoms with E-state index in [1.807, 2.05) is 6.92 Å². The van der Waals surface area contributed by atoms with E-state index in [-0.39, 0.29) is 30.3 Å². The highest BCUT2D eigenvalue weighted by Crippen LogP contribution is 2.49. The van der Waals surface area contributed by atoms with E-state index in [9.17, 15) is 14.4 Å². The molecule has 0 aromatic heterocycles. The van der Waals surface area contributed by atoms with Crippen LogP contribution in [0.25, 0.3) is 0 Å². The number of nitrogens with one attached hydrogen (secondary N) is 1. The van der Waals surface area contributed by atoms with E-state index in [0.29, 0.717) is 17.0 Å². The number of hydrogen-bond donors (Lipinski definition) is 1. The van der Waals surface area contributed by atoms with Gasteiger partial charge in [-0.25, -0.2) is 0 Å². The SMILES string of the molecule is C[C@@H](NC(=O)CN1C(=O)c2ccccc2C1=O)[C@@H]1C[C@@H]2CC[C@@H]1C2. The van der Waals surface area contributed by atoms with Crippen LogP contribution in [0.15, 0.2) is 24.3 Å². The molecule has 0 unspecified atom stereocenters. The Labute approximate surface area is 141 Å². The van der Waals surface area contributed by atoms with Gasteiger partial charge >= 0.3 is 0 Å². The van der Waals surface area contributed by atoms with Crippen LogP contribution in [0.5, 0.6) is 0 Å². The molecule has 0 spiro atoms. The average molecular weight is 326 g/mol. The van der Waals surface area contributed by atoms with Gasteiger partial charge < -0.3 is 5.32 Å². The quantitative estimate of drug-likeness (QED) is 0.863. The summed E-state index contributed by atoms with van der Waals surface area (Å²) in [6.07, 6.45) is 5.09. The van der Waals surface area contributed by atoms with Gasteiger partial charge in [-0.2, -0.15) is 0 Å². The predicted octanol–water partition coefficient (Wildman–Crippen LogP) is 2.22. The van der Waals surface area contributed by atoms with Crippen LogP contribution in [-0.4, -0.2) is 35.2 Å². The highest BCUT2D eigenvalue weighted by atomic mass is 16.2. The number of fused-ring (bicyclic) bond motifs is 3. The molecule has 4 rings (SSSR count). The Morgan fingerprint density at radius 3 is 2.38 bits per heavy atom. The van der Waals surface area contributed by atoms with Gasteiger partial charge in [0, 0.05) is 6.04 Å². The standard InChI is InChI=1S/C19H22N2O3/c1-11(16-9-12-6-7-13(16)8-12)20-17(22)10-21-18(23)14-4-2-3-5-15(14)19(21)24/h2-5,11-13,16H,6-10H2,1H3,(H,20,22)/t11-,12-,13-,16+/m1/s1. The smallest absolute Gasteiger partial charge is 0.262 e. The number of benzene rings is 1. The Hall–Kier alpha value is -2.17. The Morgan fingerprint density at radius 1 is 1.17 bits per heavy atom. The van der Waals surface area contributed by atoms with Gasteiger partial charge in [-0.15, -0.1) is 0 Å². The lowest BCUT2D eigenvalue weighted by Crippen LogP contribution is -2.46. The molecule has 3 aliphatic rings. The third-order valence-corrected chi connectivity index (χ3v) is 6.00. The normalized spacial score (nSPS) is 29.0. The van der Waals surface area contributed by atoms with E-state index >= 15 is 0 Å². The average Bonchev–Trinajstić information content (AvgIpc) is 3.26. The minimum Gasteiger partial charge on any atom is -0.352 e. The first-order chi connectivity index (χ1) is 11.5. The number of amides is 3. The molecule has 3 amide bonds. The summed E-state index contributed by atoms with van der Waals surface area (Å²) in [7, 11) is 0. The lowest BCUT2D eigenvalue weighted by molar-refractivity contribution is -0.122. The molecule has 1 aliphatic heterocycles. The highest BCUT2D eigenvalue weighted by Gasteiger charge is 2.42. The number of imide groups is 1. The lowest BCUT2D eigenvalue weighted by atomic mass is 9.84. The van der Waals surface area contributed by atoms with Crippen molar-refractivity contribution < 1.29 is 14.4 Å². The molecule has 2 saturated carbocycles. The van der Waals surface area contributed by atoms with Gasteiger partial charge in [-0.05, 0) is 56.1 Å². The monoisotopic (exact) mass is 326 g/mol. The number of rotatable bonds is 4.